The van der Waals surface area contributed by atoms with Crippen molar-refractivity contribution in [1.29, 1.82) is 0 Å². The SMILES string of the molecule is CC1(C)OB([C@@H]2COc3ccccc3C2)OC1(C)C. The summed E-state index contributed by atoms with van der Waals surface area (Å²) in [5, 5.41) is 0. The van der Waals surface area contributed by atoms with Gasteiger partial charge in [0, 0.05) is 5.82 Å². The van der Waals surface area contributed by atoms with Gasteiger partial charge in [-0.25, -0.2) is 0 Å². The van der Waals surface area contributed by atoms with Gasteiger partial charge in [0.2, 0.25) is 0 Å². The summed E-state index contributed by atoms with van der Waals surface area (Å²) >= 11 is 0. The number of hydrogen-bond acceptors (Lipinski definition) is 3. The van der Waals surface area contributed by atoms with Gasteiger partial charge in [0.05, 0.1) is 17.8 Å². The second-order valence-corrected chi connectivity index (χ2v) is 6.51. The largest absolute Gasteiger partial charge is 0.494 e. The number of hydrogen-bond donors (Lipinski definition) is 0. The standard InChI is InChI=1S/C15H21BO3/c1-14(2)15(3,4)19-16(18-14)12-9-11-7-5-6-8-13(11)17-10-12/h5-8,12H,9-10H2,1-4H3/t12-/m0/s1. The van der Waals surface area contributed by atoms with Crippen molar-refractivity contribution in [3.8, 4) is 5.75 Å². The molecule has 0 aliphatic carbocycles. The van der Waals surface area contributed by atoms with E-state index in [1.165, 1.54) is 5.56 Å². The highest BCUT2D eigenvalue weighted by Crippen LogP contribution is 2.42. The van der Waals surface area contributed by atoms with E-state index in [2.05, 4.69) is 39.8 Å². The van der Waals surface area contributed by atoms with Crippen molar-refractivity contribution in [2.24, 2.45) is 0 Å². The van der Waals surface area contributed by atoms with Gasteiger partial charge in [-0.15, -0.1) is 0 Å². The molecule has 0 unspecified atom stereocenters. The first-order chi connectivity index (χ1) is 8.89. The minimum absolute atomic E-state index is 0.182. The molecular formula is C15H21BO3. The number of ether oxygens (including phenoxy) is 1. The van der Waals surface area contributed by atoms with E-state index < -0.39 is 0 Å². The van der Waals surface area contributed by atoms with Crippen LogP contribution in [0.5, 0.6) is 5.75 Å². The lowest BCUT2D eigenvalue weighted by Gasteiger charge is -2.32. The van der Waals surface area contributed by atoms with Crippen LogP contribution in [0.15, 0.2) is 24.3 Å². The third-order valence-electron chi connectivity index (χ3n) is 4.56. The molecule has 19 heavy (non-hydrogen) atoms. The topological polar surface area (TPSA) is 27.7 Å². The van der Waals surface area contributed by atoms with Crippen LogP contribution in [0, 0.1) is 0 Å². The van der Waals surface area contributed by atoms with Gasteiger partial charge >= 0.3 is 7.12 Å². The van der Waals surface area contributed by atoms with Gasteiger partial charge in [0.25, 0.3) is 0 Å². The van der Waals surface area contributed by atoms with Crippen LogP contribution in [-0.4, -0.2) is 24.9 Å². The molecule has 1 aromatic rings. The molecule has 3 rings (SSSR count). The predicted molar refractivity (Wildman–Crippen MR) is 75.5 cm³/mol. The van der Waals surface area contributed by atoms with Gasteiger partial charge in [-0.2, -0.15) is 0 Å². The highest BCUT2D eigenvalue weighted by atomic mass is 16.7. The van der Waals surface area contributed by atoms with Crippen LogP contribution in [0.25, 0.3) is 0 Å². The summed E-state index contributed by atoms with van der Waals surface area (Å²) in [7, 11) is -0.182. The summed E-state index contributed by atoms with van der Waals surface area (Å²) in [5.74, 6) is 1.26. The van der Waals surface area contributed by atoms with Crippen LogP contribution >= 0.6 is 0 Å². The number of benzene rings is 1. The molecule has 4 heteroatoms. The predicted octanol–water partition coefficient (Wildman–Crippen LogP) is 3.08. The Balaban J connectivity index is 1.77. The highest BCUT2D eigenvalue weighted by molar-refractivity contribution is 6.47. The average Bonchev–Trinajstić information content (AvgIpc) is 2.58. The molecule has 0 bridgehead atoms. The Morgan fingerprint density at radius 3 is 2.37 bits per heavy atom. The molecule has 2 aliphatic rings. The van der Waals surface area contributed by atoms with Crippen LogP contribution in [-0.2, 0) is 15.7 Å². The monoisotopic (exact) mass is 260 g/mol. The smallest absolute Gasteiger partial charge is 0.465 e. The molecule has 0 N–H and O–H groups in total. The highest BCUT2D eigenvalue weighted by Gasteiger charge is 2.54. The van der Waals surface area contributed by atoms with Crippen molar-refractivity contribution >= 4 is 7.12 Å². The zero-order valence-corrected chi connectivity index (χ0v) is 12.1. The second kappa shape index (κ2) is 4.25. The van der Waals surface area contributed by atoms with Crippen LogP contribution in [0.3, 0.4) is 0 Å². The number of rotatable bonds is 1. The van der Waals surface area contributed by atoms with Gasteiger partial charge in [0.15, 0.2) is 0 Å². The molecule has 1 fully saturated rings. The lowest BCUT2D eigenvalue weighted by molar-refractivity contribution is 0.00578. The van der Waals surface area contributed by atoms with Crippen LogP contribution in [0.2, 0.25) is 5.82 Å². The molecule has 0 amide bonds. The molecule has 0 radical (unpaired) electrons. The normalized spacial score (nSPS) is 27.8. The first-order valence-electron chi connectivity index (χ1n) is 6.95. The first kappa shape index (κ1) is 13.0. The van der Waals surface area contributed by atoms with Gasteiger partial charge < -0.3 is 14.0 Å². The van der Waals surface area contributed by atoms with E-state index in [4.69, 9.17) is 14.0 Å². The van der Waals surface area contributed by atoms with E-state index in [9.17, 15) is 0 Å². The van der Waals surface area contributed by atoms with Crippen molar-refractivity contribution < 1.29 is 14.0 Å². The lowest BCUT2D eigenvalue weighted by Crippen LogP contribution is -2.41. The second-order valence-electron chi connectivity index (χ2n) is 6.51. The van der Waals surface area contributed by atoms with Gasteiger partial charge in [-0.05, 0) is 45.7 Å². The number of fused-ring (bicyclic) bond motifs is 1. The van der Waals surface area contributed by atoms with E-state index in [0.717, 1.165) is 12.2 Å². The zero-order chi connectivity index (χ0) is 13.7. The lowest BCUT2D eigenvalue weighted by atomic mass is 9.68. The Morgan fingerprint density at radius 2 is 1.68 bits per heavy atom. The maximum Gasteiger partial charge on any atom is 0.465 e. The van der Waals surface area contributed by atoms with E-state index in [-0.39, 0.29) is 24.1 Å². The molecule has 2 heterocycles. The van der Waals surface area contributed by atoms with Crippen molar-refractivity contribution in [3.05, 3.63) is 29.8 Å². The molecule has 0 spiro atoms. The van der Waals surface area contributed by atoms with Crippen molar-refractivity contribution in [1.82, 2.24) is 0 Å². The van der Waals surface area contributed by atoms with E-state index in [1.54, 1.807) is 0 Å². The molecule has 0 saturated carbocycles. The van der Waals surface area contributed by atoms with Crippen molar-refractivity contribution in [2.45, 2.75) is 51.1 Å². The van der Waals surface area contributed by atoms with Gasteiger partial charge in [-0.1, -0.05) is 18.2 Å². The third kappa shape index (κ3) is 2.17. The van der Waals surface area contributed by atoms with E-state index in [0.29, 0.717) is 6.61 Å². The Bertz CT molecular complexity index is 468. The van der Waals surface area contributed by atoms with Crippen molar-refractivity contribution in [3.63, 3.8) is 0 Å². The molecule has 0 aromatic heterocycles. The summed E-state index contributed by atoms with van der Waals surface area (Å²) in [6.07, 6.45) is 0.951. The minimum Gasteiger partial charge on any atom is -0.494 e. The van der Waals surface area contributed by atoms with Crippen molar-refractivity contribution in [2.75, 3.05) is 6.61 Å². The van der Waals surface area contributed by atoms with Crippen LogP contribution in [0.1, 0.15) is 33.3 Å². The maximum atomic E-state index is 6.12. The van der Waals surface area contributed by atoms with E-state index >= 15 is 0 Å². The molecular weight excluding hydrogens is 239 g/mol. The fourth-order valence-corrected chi connectivity index (χ4v) is 2.61. The molecule has 1 saturated heterocycles. The third-order valence-corrected chi connectivity index (χ3v) is 4.56. The maximum absolute atomic E-state index is 6.12. The minimum atomic E-state index is -0.269. The summed E-state index contributed by atoms with van der Waals surface area (Å²) in [4.78, 5) is 0. The fourth-order valence-electron chi connectivity index (χ4n) is 2.61. The average molecular weight is 260 g/mol. The Hall–Kier alpha value is -0.995. The first-order valence-corrected chi connectivity index (χ1v) is 6.95. The Morgan fingerprint density at radius 1 is 1.05 bits per heavy atom. The summed E-state index contributed by atoms with van der Waals surface area (Å²) in [6.45, 7) is 9.01. The molecule has 102 valence electrons. The van der Waals surface area contributed by atoms with Gasteiger partial charge in [0.1, 0.15) is 5.75 Å². The molecule has 3 nitrogen and oxygen atoms in total. The Labute approximate surface area is 115 Å². The summed E-state index contributed by atoms with van der Waals surface area (Å²) < 4.78 is 18.1. The summed E-state index contributed by atoms with van der Waals surface area (Å²) in [6, 6.07) is 8.20. The molecule has 1 aromatic carbocycles. The van der Waals surface area contributed by atoms with Crippen LogP contribution < -0.4 is 4.74 Å². The quantitative estimate of drug-likeness (QED) is 0.726. The van der Waals surface area contributed by atoms with E-state index in [1.807, 2.05) is 12.1 Å². The van der Waals surface area contributed by atoms with Crippen LogP contribution in [0.4, 0.5) is 0 Å². The fraction of sp³-hybridized carbons (Fsp3) is 0.600. The summed E-state index contributed by atoms with van der Waals surface area (Å²) in [5.41, 5.74) is 0.706. The molecule has 1 atom stereocenters. The number of para-hydroxylation sites is 1. The molecule has 2 aliphatic heterocycles. The van der Waals surface area contributed by atoms with Gasteiger partial charge in [-0.3, -0.25) is 0 Å². The Kier molecular flexibility index (Phi) is 2.91. The zero-order valence-electron chi connectivity index (χ0n) is 12.1.